The van der Waals surface area contributed by atoms with Crippen LogP contribution in [-0.4, -0.2) is 28.4 Å². The minimum absolute atomic E-state index is 0.0800. The van der Waals surface area contributed by atoms with Crippen molar-refractivity contribution in [2.24, 2.45) is 0 Å². The first-order valence-electron chi connectivity index (χ1n) is 5.20. The van der Waals surface area contributed by atoms with Crippen LogP contribution in [0.1, 0.15) is 5.69 Å². The largest absolute Gasteiger partial charge is 0.496 e. The van der Waals surface area contributed by atoms with Crippen LogP contribution in [-0.2, 0) is 11.2 Å². The fourth-order valence-electron chi connectivity index (χ4n) is 1.63. The predicted molar refractivity (Wildman–Crippen MR) is 69.6 cm³/mol. The highest BCUT2D eigenvalue weighted by Crippen LogP contribution is 2.31. The van der Waals surface area contributed by atoms with Gasteiger partial charge in [-0.2, -0.15) is 5.10 Å². The van der Waals surface area contributed by atoms with Gasteiger partial charge in [-0.05, 0) is 24.3 Å². The summed E-state index contributed by atoms with van der Waals surface area (Å²) in [6.07, 6.45) is -0.0800. The Labute approximate surface area is 112 Å². The van der Waals surface area contributed by atoms with Gasteiger partial charge in [0.25, 0.3) is 0 Å². The average Bonchev–Trinajstić information content (AvgIpc) is 2.76. The topological polar surface area (TPSA) is 75.2 Å². The zero-order valence-electron chi connectivity index (χ0n) is 9.61. The van der Waals surface area contributed by atoms with Crippen molar-refractivity contribution < 1.29 is 14.6 Å². The van der Waals surface area contributed by atoms with Crippen molar-refractivity contribution in [3.05, 3.63) is 34.4 Å². The Balaban J connectivity index is 2.38. The molecule has 0 aliphatic carbocycles. The van der Waals surface area contributed by atoms with Crippen molar-refractivity contribution in [3.8, 4) is 17.0 Å². The molecule has 0 unspecified atom stereocenters. The second-order valence-electron chi connectivity index (χ2n) is 3.69. The maximum absolute atomic E-state index is 10.6. The molecule has 0 saturated heterocycles. The number of aromatic nitrogens is 2. The van der Waals surface area contributed by atoms with E-state index in [0.717, 1.165) is 10.0 Å². The second-order valence-corrected chi connectivity index (χ2v) is 4.61. The lowest BCUT2D eigenvalue weighted by Gasteiger charge is -2.06. The monoisotopic (exact) mass is 310 g/mol. The van der Waals surface area contributed by atoms with E-state index in [9.17, 15) is 4.79 Å². The number of halogens is 1. The molecule has 0 radical (unpaired) electrons. The van der Waals surface area contributed by atoms with E-state index in [0.29, 0.717) is 17.1 Å². The average molecular weight is 311 g/mol. The highest BCUT2D eigenvalue weighted by Gasteiger charge is 2.11. The first-order valence-corrected chi connectivity index (χ1v) is 5.99. The number of hydrogen-bond acceptors (Lipinski definition) is 3. The number of ether oxygens (including phenoxy) is 1. The SMILES string of the molecule is COc1ccc(Br)cc1-c1cc(CC(=O)O)[nH]n1. The van der Waals surface area contributed by atoms with Gasteiger partial charge in [-0.1, -0.05) is 15.9 Å². The molecule has 5 nitrogen and oxygen atoms in total. The molecule has 1 aromatic heterocycles. The fourth-order valence-corrected chi connectivity index (χ4v) is 1.99. The van der Waals surface area contributed by atoms with Crippen LogP contribution < -0.4 is 4.74 Å². The number of nitrogens with one attached hydrogen (secondary N) is 1. The highest BCUT2D eigenvalue weighted by molar-refractivity contribution is 9.10. The molecular formula is C12H11BrN2O3. The zero-order chi connectivity index (χ0) is 13.1. The molecule has 0 atom stereocenters. The van der Waals surface area contributed by atoms with Crippen molar-refractivity contribution in [2.45, 2.75) is 6.42 Å². The predicted octanol–water partition coefficient (Wildman–Crippen LogP) is 2.47. The number of nitrogens with zero attached hydrogens (tertiary/aromatic N) is 1. The quantitative estimate of drug-likeness (QED) is 0.909. The fraction of sp³-hybridized carbons (Fsp3) is 0.167. The Kier molecular flexibility index (Phi) is 3.66. The molecule has 0 aliphatic heterocycles. The van der Waals surface area contributed by atoms with Crippen LogP contribution in [0.25, 0.3) is 11.3 Å². The van der Waals surface area contributed by atoms with Gasteiger partial charge in [0.05, 0.1) is 19.2 Å². The minimum atomic E-state index is -0.897. The third kappa shape index (κ3) is 2.70. The summed E-state index contributed by atoms with van der Waals surface area (Å²) in [5.74, 6) is -0.210. The van der Waals surface area contributed by atoms with Gasteiger partial charge in [-0.15, -0.1) is 0 Å². The van der Waals surface area contributed by atoms with E-state index in [2.05, 4.69) is 26.1 Å². The van der Waals surface area contributed by atoms with E-state index >= 15 is 0 Å². The van der Waals surface area contributed by atoms with Crippen LogP contribution in [0.4, 0.5) is 0 Å². The molecular weight excluding hydrogens is 300 g/mol. The van der Waals surface area contributed by atoms with E-state index in [1.165, 1.54) is 0 Å². The van der Waals surface area contributed by atoms with Crippen LogP contribution in [0.3, 0.4) is 0 Å². The number of carbonyl (C=O) groups is 1. The lowest BCUT2D eigenvalue weighted by Crippen LogP contribution is -1.99. The minimum Gasteiger partial charge on any atom is -0.496 e. The van der Waals surface area contributed by atoms with E-state index in [-0.39, 0.29) is 6.42 Å². The lowest BCUT2D eigenvalue weighted by atomic mass is 10.1. The van der Waals surface area contributed by atoms with Gasteiger partial charge in [0, 0.05) is 15.7 Å². The number of carboxylic acids is 1. The summed E-state index contributed by atoms with van der Waals surface area (Å²) in [6, 6.07) is 7.27. The van der Waals surface area contributed by atoms with Crippen molar-refractivity contribution in [2.75, 3.05) is 7.11 Å². The highest BCUT2D eigenvalue weighted by atomic mass is 79.9. The summed E-state index contributed by atoms with van der Waals surface area (Å²) in [7, 11) is 1.58. The zero-order valence-corrected chi connectivity index (χ0v) is 11.2. The van der Waals surface area contributed by atoms with E-state index < -0.39 is 5.97 Å². The Morgan fingerprint density at radius 2 is 2.28 bits per heavy atom. The van der Waals surface area contributed by atoms with Crippen LogP contribution in [0.5, 0.6) is 5.75 Å². The molecule has 0 saturated carbocycles. The standard InChI is InChI=1S/C12H11BrN2O3/c1-18-11-3-2-7(13)4-9(11)10-5-8(14-15-10)6-12(16)17/h2-5H,6H2,1H3,(H,14,15)(H,16,17). The van der Waals surface area contributed by atoms with E-state index in [1.54, 1.807) is 13.2 Å². The summed E-state index contributed by atoms with van der Waals surface area (Å²) in [5, 5.41) is 15.5. The summed E-state index contributed by atoms with van der Waals surface area (Å²) >= 11 is 3.38. The summed E-state index contributed by atoms with van der Waals surface area (Å²) < 4.78 is 6.16. The molecule has 1 heterocycles. The molecule has 2 aromatic rings. The second kappa shape index (κ2) is 5.22. The van der Waals surface area contributed by atoms with Gasteiger partial charge in [-0.3, -0.25) is 9.89 Å². The third-order valence-electron chi connectivity index (χ3n) is 2.41. The van der Waals surface area contributed by atoms with Crippen LogP contribution in [0.2, 0.25) is 0 Å². The molecule has 0 bridgehead atoms. The first-order chi connectivity index (χ1) is 8.60. The Morgan fingerprint density at radius 3 is 2.94 bits per heavy atom. The molecule has 0 fully saturated rings. The van der Waals surface area contributed by atoms with E-state index in [1.807, 2.05) is 18.2 Å². The maximum Gasteiger partial charge on any atom is 0.309 e. The molecule has 94 valence electrons. The van der Waals surface area contributed by atoms with Gasteiger partial charge in [0.1, 0.15) is 5.75 Å². The normalized spacial score (nSPS) is 10.3. The van der Waals surface area contributed by atoms with Crippen LogP contribution in [0, 0.1) is 0 Å². The molecule has 0 amide bonds. The van der Waals surface area contributed by atoms with E-state index in [4.69, 9.17) is 9.84 Å². The summed E-state index contributed by atoms with van der Waals surface area (Å²) in [4.78, 5) is 10.6. The van der Waals surface area contributed by atoms with Crippen molar-refractivity contribution in [1.29, 1.82) is 0 Å². The van der Waals surface area contributed by atoms with Crippen LogP contribution >= 0.6 is 15.9 Å². The number of aromatic amines is 1. The molecule has 0 aliphatic rings. The molecule has 1 aromatic carbocycles. The van der Waals surface area contributed by atoms with Gasteiger partial charge in [-0.25, -0.2) is 0 Å². The number of methoxy groups -OCH3 is 1. The van der Waals surface area contributed by atoms with Crippen molar-refractivity contribution in [1.82, 2.24) is 10.2 Å². The number of aliphatic carboxylic acids is 1. The number of H-pyrrole nitrogens is 1. The molecule has 18 heavy (non-hydrogen) atoms. The third-order valence-corrected chi connectivity index (χ3v) is 2.90. The summed E-state index contributed by atoms with van der Waals surface area (Å²) in [5.41, 5.74) is 2.02. The maximum atomic E-state index is 10.6. The van der Waals surface area contributed by atoms with Crippen molar-refractivity contribution in [3.63, 3.8) is 0 Å². The Hall–Kier alpha value is -1.82. The number of hydrogen-bond donors (Lipinski definition) is 2. The lowest BCUT2D eigenvalue weighted by molar-refractivity contribution is -0.136. The Bertz CT molecular complexity index is 580. The summed E-state index contributed by atoms with van der Waals surface area (Å²) in [6.45, 7) is 0. The molecule has 0 spiro atoms. The van der Waals surface area contributed by atoms with Crippen LogP contribution in [0.15, 0.2) is 28.7 Å². The van der Waals surface area contributed by atoms with Gasteiger partial charge < -0.3 is 9.84 Å². The molecule has 2 rings (SSSR count). The molecule has 2 N–H and O–H groups in total. The number of rotatable bonds is 4. The number of benzene rings is 1. The molecule has 6 heteroatoms. The van der Waals surface area contributed by atoms with Gasteiger partial charge in [0.2, 0.25) is 0 Å². The van der Waals surface area contributed by atoms with Gasteiger partial charge >= 0.3 is 5.97 Å². The first kappa shape index (κ1) is 12.6. The number of carboxylic acid groups (broad SMARTS) is 1. The van der Waals surface area contributed by atoms with Gasteiger partial charge in [0.15, 0.2) is 0 Å². The smallest absolute Gasteiger partial charge is 0.309 e. The Morgan fingerprint density at radius 1 is 1.50 bits per heavy atom. The van der Waals surface area contributed by atoms with Crippen molar-refractivity contribution >= 4 is 21.9 Å².